The maximum Gasteiger partial charge on any atom is 0.407 e. The number of urea groups is 1. The van der Waals surface area contributed by atoms with E-state index in [9.17, 15) is 24.6 Å². The lowest BCUT2D eigenvalue weighted by molar-refractivity contribution is -0.124. The number of rotatable bonds is 23. The van der Waals surface area contributed by atoms with Crippen molar-refractivity contribution in [3.63, 3.8) is 0 Å². The highest BCUT2D eigenvalue weighted by Gasteiger charge is 2.27. The van der Waals surface area contributed by atoms with Crippen LogP contribution in [0.2, 0.25) is 0 Å². The average molecular weight is 794 g/mol. The van der Waals surface area contributed by atoms with Crippen LogP contribution in [0.3, 0.4) is 0 Å². The highest BCUT2D eigenvalue weighted by molar-refractivity contribution is 7.09. The van der Waals surface area contributed by atoms with E-state index in [4.69, 9.17) is 4.74 Å². The Morgan fingerprint density at radius 1 is 0.818 bits per heavy atom. The second kappa shape index (κ2) is 23.5. The number of aliphatic hydroxyl groups excluding tert-OH is 2. The molecule has 0 spiro atoms. The van der Waals surface area contributed by atoms with Crippen molar-refractivity contribution in [1.29, 1.82) is 0 Å². The van der Waals surface area contributed by atoms with E-state index in [1.54, 1.807) is 30.1 Å². The Morgan fingerprint density at radius 2 is 1.44 bits per heavy atom. The first kappa shape index (κ1) is 43.3. The quantitative estimate of drug-likeness (QED) is 0.0698. The summed E-state index contributed by atoms with van der Waals surface area (Å²) in [6.07, 6.45) is 3.55. The maximum absolute atomic E-state index is 14.2. The van der Waals surface area contributed by atoms with Gasteiger partial charge in [0.25, 0.3) is 0 Å². The zero-order valence-electron chi connectivity index (χ0n) is 31.9. The molecular weight excluding hydrogens is 739 g/mol. The van der Waals surface area contributed by atoms with Crippen LogP contribution in [0, 0.1) is 0 Å². The minimum Gasteiger partial charge on any atom is -0.444 e. The molecule has 0 aliphatic carbocycles. The van der Waals surface area contributed by atoms with Gasteiger partial charge in [-0.25, -0.2) is 14.6 Å². The second-order valence-corrected chi connectivity index (χ2v) is 15.7. The molecule has 55 heavy (non-hydrogen) atoms. The van der Waals surface area contributed by atoms with Crippen LogP contribution in [0.5, 0.6) is 0 Å². The van der Waals surface area contributed by atoms with Crippen molar-refractivity contribution in [2.75, 3.05) is 39.9 Å². The fourth-order valence-electron chi connectivity index (χ4n) is 6.04. The molecule has 3 atom stereocenters. The van der Waals surface area contributed by atoms with Crippen molar-refractivity contribution in [2.24, 2.45) is 0 Å². The lowest BCUT2D eigenvalue weighted by Crippen LogP contribution is -2.53. The number of nitrogens with zero attached hydrogens (tertiary/aromatic N) is 4. The molecule has 3 unspecified atom stereocenters. The molecule has 5 N–H and O–H groups in total. The molecule has 0 saturated heterocycles. The van der Waals surface area contributed by atoms with Gasteiger partial charge in [0, 0.05) is 56.3 Å². The van der Waals surface area contributed by atoms with Crippen LogP contribution >= 0.6 is 22.7 Å². The lowest BCUT2D eigenvalue weighted by atomic mass is 9.95. The molecule has 0 fully saturated rings. The Morgan fingerprint density at radius 3 is 1.98 bits per heavy atom. The number of hydrogen-bond acceptors (Lipinski definition) is 11. The normalized spacial score (nSPS) is 12.9. The van der Waals surface area contributed by atoms with Crippen LogP contribution in [-0.4, -0.2) is 106 Å². The van der Waals surface area contributed by atoms with Crippen molar-refractivity contribution in [3.05, 3.63) is 104 Å². The molecular formula is C40H55N7O6S2. The SMILES string of the molecule is CC(C)c1nc(CN(C)C(=O)NC(CCN(CCO)CCO)C(=O)NC(CCC(Cc2ccccc2)NC(=O)OCc2cncs2)Cc2ccccc2)cs1. The van der Waals surface area contributed by atoms with Gasteiger partial charge in [0.15, 0.2) is 0 Å². The standard InChI is InChI=1S/C40H55N7O6S2/c1-29(2)38-43-34(27-54-38)25-46(3)39(51)45-36(16-17-47(18-20-48)19-21-49)37(50)42-32(22-30-10-6-4-7-11-30)14-15-33(23-31-12-8-5-9-13-31)44-40(52)53-26-35-24-41-28-55-35/h4-13,24,27-29,32-33,36,48-49H,14-23,25-26H2,1-3H3,(H,42,50)(H,44,52)(H,45,51). The fourth-order valence-corrected chi connectivity index (χ4v) is 7.38. The molecule has 0 radical (unpaired) electrons. The summed E-state index contributed by atoms with van der Waals surface area (Å²) in [7, 11) is 1.67. The molecule has 2 heterocycles. The molecule has 298 valence electrons. The van der Waals surface area contributed by atoms with E-state index >= 15 is 0 Å². The summed E-state index contributed by atoms with van der Waals surface area (Å²) in [6, 6.07) is 17.8. The van der Waals surface area contributed by atoms with Crippen LogP contribution in [0.4, 0.5) is 9.59 Å². The lowest BCUT2D eigenvalue weighted by Gasteiger charge is -2.28. The Labute approximate surface area is 332 Å². The molecule has 0 aliphatic heterocycles. The number of amides is 4. The van der Waals surface area contributed by atoms with Gasteiger partial charge in [0.2, 0.25) is 5.91 Å². The first-order valence-electron chi connectivity index (χ1n) is 18.7. The number of hydrogen-bond donors (Lipinski definition) is 5. The largest absolute Gasteiger partial charge is 0.444 e. The predicted molar refractivity (Wildman–Crippen MR) is 216 cm³/mol. The van der Waals surface area contributed by atoms with Crippen molar-refractivity contribution < 1.29 is 29.3 Å². The van der Waals surface area contributed by atoms with E-state index in [0.29, 0.717) is 45.3 Å². The second-order valence-electron chi connectivity index (χ2n) is 13.8. The van der Waals surface area contributed by atoms with E-state index in [1.807, 2.05) is 70.9 Å². The minimum atomic E-state index is -0.908. The Bertz CT molecular complexity index is 1690. The molecule has 2 aromatic heterocycles. The average Bonchev–Trinajstić information content (AvgIpc) is 3.88. The van der Waals surface area contributed by atoms with Gasteiger partial charge < -0.3 is 35.8 Å². The number of nitrogens with one attached hydrogen (secondary N) is 3. The summed E-state index contributed by atoms with van der Waals surface area (Å²) in [5, 5.41) is 31.3. The van der Waals surface area contributed by atoms with Crippen LogP contribution in [0.15, 0.2) is 77.8 Å². The van der Waals surface area contributed by atoms with Gasteiger partial charge >= 0.3 is 12.1 Å². The van der Waals surface area contributed by atoms with Gasteiger partial charge in [-0.2, -0.15) is 0 Å². The van der Waals surface area contributed by atoms with E-state index in [2.05, 4.69) is 39.8 Å². The third kappa shape index (κ3) is 15.7. The Balaban J connectivity index is 1.50. The molecule has 0 aliphatic rings. The van der Waals surface area contributed by atoms with Gasteiger partial charge in [0.05, 0.1) is 40.8 Å². The first-order valence-corrected chi connectivity index (χ1v) is 20.5. The first-order chi connectivity index (χ1) is 26.6. The molecule has 0 saturated carbocycles. The zero-order valence-corrected chi connectivity index (χ0v) is 33.6. The number of carbonyl (C=O) groups is 3. The van der Waals surface area contributed by atoms with Crippen LogP contribution in [-0.2, 0) is 35.5 Å². The highest BCUT2D eigenvalue weighted by Crippen LogP contribution is 2.20. The van der Waals surface area contributed by atoms with Crippen molar-refractivity contribution >= 4 is 40.7 Å². The van der Waals surface area contributed by atoms with E-state index < -0.39 is 18.2 Å². The van der Waals surface area contributed by atoms with Gasteiger partial charge in [-0.15, -0.1) is 22.7 Å². The molecule has 2 aromatic carbocycles. The topological polar surface area (TPSA) is 169 Å². The Kier molecular flexibility index (Phi) is 18.5. The van der Waals surface area contributed by atoms with Crippen LogP contribution in [0.25, 0.3) is 0 Å². The number of alkyl carbamates (subject to hydrolysis) is 1. The summed E-state index contributed by atoms with van der Waals surface area (Å²) in [6.45, 7) is 5.36. The van der Waals surface area contributed by atoms with Crippen molar-refractivity contribution in [2.45, 2.75) is 83.1 Å². The van der Waals surface area contributed by atoms with Gasteiger partial charge in [0.1, 0.15) is 12.6 Å². The van der Waals surface area contributed by atoms with Gasteiger partial charge in [-0.1, -0.05) is 74.5 Å². The monoisotopic (exact) mass is 793 g/mol. The van der Waals surface area contributed by atoms with E-state index in [-0.39, 0.29) is 56.7 Å². The van der Waals surface area contributed by atoms with E-state index in [1.165, 1.54) is 16.2 Å². The molecule has 15 heteroatoms. The third-order valence-corrected chi connectivity index (χ3v) is 10.9. The van der Waals surface area contributed by atoms with Crippen LogP contribution < -0.4 is 16.0 Å². The summed E-state index contributed by atoms with van der Waals surface area (Å²) in [4.78, 5) is 53.6. The number of ether oxygens (including phenoxy) is 1. The highest BCUT2D eigenvalue weighted by atomic mass is 32.1. The minimum absolute atomic E-state index is 0.103. The van der Waals surface area contributed by atoms with Crippen LogP contribution in [0.1, 0.15) is 65.7 Å². The summed E-state index contributed by atoms with van der Waals surface area (Å²) >= 11 is 2.97. The zero-order chi connectivity index (χ0) is 39.4. The molecule has 4 rings (SSSR count). The summed E-state index contributed by atoms with van der Waals surface area (Å²) < 4.78 is 5.51. The number of aliphatic hydroxyl groups is 2. The molecule has 4 aromatic rings. The third-order valence-electron chi connectivity index (χ3n) is 9.00. The smallest absolute Gasteiger partial charge is 0.407 e. The van der Waals surface area contributed by atoms with Gasteiger partial charge in [-0.05, 0) is 43.2 Å². The number of benzene rings is 2. The number of carbonyl (C=O) groups excluding carboxylic acids is 3. The number of thiazole rings is 2. The molecule has 4 amide bonds. The molecule has 0 bridgehead atoms. The van der Waals surface area contributed by atoms with Crippen molar-refractivity contribution in [3.8, 4) is 0 Å². The Hall–Kier alpha value is -4.41. The predicted octanol–water partition coefficient (Wildman–Crippen LogP) is 4.96. The maximum atomic E-state index is 14.2. The summed E-state index contributed by atoms with van der Waals surface area (Å²) in [5.41, 5.74) is 4.55. The number of aromatic nitrogens is 2. The van der Waals surface area contributed by atoms with E-state index in [0.717, 1.165) is 26.7 Å². The fraction of sp³-hybridized carbons (Fsp3) is 0.475. The van der Waals surface area contributed by atoms with Crippen molar-refractivity contribution in [1.82, 2.24) is 35.7 Å². The van der Waals surface area contributed by atoms with Gasteiger partial charge in [-0.3, -0.25) is 14.7 Å². The summed E-state index contributed by atoms with van der Waals surface area (Å²) in [5.74, 6) is -0.0640. The molecule has 13 nitrogen and oxygen atoms in total.